The summed E-state index contributed by atoms with van der Waals surface area (Å²) in [5, 5.41) is 25.4. The Hall–Kier alpha value is -1.86. The van der Waals surface area contributed by atoms with Crippen LogP contribution in [0.2, 0.25) is 0 Å². The van der Waals surface area contributed by atoms with E-state index >= 15 is 0 Å². The Morgan fingerprint density at radius 2 is 1.48 bits per heavy atom. The molecule has 2 N–H and O–H groups in total. The molecule has 0 unspecified atom stereocenters. The van der Waals surface area contributed by atoms with Gasteiger partial charge in [0, 0.05) is 11.5 Å². The third-order valence-corrected chi connectivity index (χ3v) is 9.86. The summed E-state index contributed by atoms with van der Waals surface area (Å²) in [7, 11) is -1.31. The second-order valence-electron chi connectivity index (χ2n) is 7.12. The summed E-state index contributed by atoms with van der Waals surface area (Å²) in [5.74, 6) is 2.41. The molecule has 136 valence electrons. The van der Waals surface area contributed by atoms with Gasteiger partial charge in [-0.3, -0.25) is 0 Å². The zero-order chi connectivity index (χ0) is 18.9. The molecule has 2 rings (SSSR count). The van der Waals surface area contributed by atoms with Crippen molar-refractivity contribution >= 4 is 20.8 Å². The Morgan fingerprint density at radius 1 is 0.920 bits per heavy atom. The van der Waals surface area contributed by atoms with E-state index in [0.717, 1.165) is 0 Å². The number of fused-ring (bicyclic) bond motifs is 1. The van der Waals surface area contributed by atoms with Crippen molar-refractivity contribution in [1.29, 1.82) is 0 Å². The number of benzene rings is 2. The first-order valence-electron chi connectivity index (χ1n) is 8.58. The molecule has 0 saturated carbocycles. The number of aromatic hydroxyl groups is 2. The minimum absolute atomic E-state index is 0.0537. The van der Waals surface area contributed by atoms with Gasteiger partial charge < -0.3 is 10.2 Å². The molecule has 0 saturated heterocycles. The molecule has 0 radical (unpaired) electrons. The Labute approximate surface area is 151 Å². The highest BCUT2D eigenvalue weighted by atomic mass is 32.3. The summed E-state index contributed by atoms with van der Waals surface area (Å²) in [6.07, 6.45) is 0. The minimum Gasteiger partial charge on any atom is -0.508 e. The van der Waals surface area contributed by atoms with E-state index in [0.29, 0.717) is 26.5 Å². The van der Waals surface area contributed by atoms with Crippen molar-refractivity contribution < 1.29 is 14.6 Å². The van der Waals surface area contributed by atoms with Crippen LogP contribution < -0.4 is 0 Å². The van der Waals surface area contributed by atoms with Crippen LogP contribution in [-0.4, -0.2) is 26.0 Å². The van der Waals surface area contributed by atoms with Crippen LogP contribution in [0.1, 0.15) is 47.1 Å². The molecule has 0 bridgehead atoms. The average Bonchev–Trinajstić information content (AvgIpc) is 2.48. The number of rotatable bonds is 3. The Balaban J connectivity index is 2.77. The van der Waals surface area contributed by atoms with Crippen LogP contribution in [0, 0.1) is 17.0 Å². The first kappa shape index (κ1) is 19.5. The number of hydrogen-bond donors (Lipinski definition) is 2. The molecule has 4 heteroatoms. The van der Waals surface area contributed by atoms with E-state index in [1.807, 2.05) is 0 Å². The highest BCUT2D eigenvalue weighted by molar-refractivity contribution is 8.38. The quantitative estimate of drug-likeness (QED) is 0.685. The molecule has 0 aromatic heterocycles. The number of phenolic OH excluding ortho intramolecular Hbond substituents is 2. The van der Waals surface area contributed by atoms with Crippen molar-refractivity contribution in [2.45, 2.75) is 57.3 Å². The van der Waals surface area contributed by atoms with Crippen LogP contribution in [0.25, 0.3) is 10.8 Å². The molecule has 0 amide bonds. The van der Waals surface area contributed by atoms with Crippen molar-refractivity contribution in [2.24, 2.45) is 0 Å². The van der Waals surface area contributed by atoms with Crippen molar-refractivity contribution in [2.75, 3.05) is 0 Å². The fraction of sp³-hybridized carbons (Fsp3) is 0.429. The topological polar surface area (TPSA) is 40.5 Å². The molecule has 0 aliphatic rings. The van der Waals surface area contributed by atoms with E-state index < -0.39 is 15.8 Å². The van der Waals surface area contributed by atoms with Crippen LogP contribution >= 0.6 is 10.0 Å². The maximum Gasteiger partial charge on any atom is 0.139 e. The molecule has 0 heterocycles. The van der Waals surface area contributed by atoms with Gasteiger partial charge in [0.15, 0.2) is 0 Å². The highest BCUT2D eigenvalue weighted by Crippen LogP contribution is 2.59. The summed E-state index contributed by atoms with van der Waals surface area (Å²) in [5.41, 5.74) is 0.203. The number of halogens is 1. The Morgan fingerprint density at radius 3 is 2.00 bits per heavy atom. The zero-order valence-electron chi connectivity index (χ0n) is 15.7. The second kappa shape index (κ2) is 7.17. The van der Waals surface area contributed by atoms with E-state index in [9.17, 15) is 14.6 Å². The summed E-state index contributed by atoms with van der Waals surface area (Å²) in [6, 6.07) is 5.61. The van der Waals surface area contributed by atoms with Crippen LogP contribution in [0.4, 0.5) is 4.39 Å². The lowest BCUT2D eigenvalue weighted by Gasteiger charge is -2.46. The van der Waals surface area contributed by atoms with E-state index in [1.54, 1.807) is 6.07 Å². The van der Waals surface area contributed by atoms with Gasteiger partial charge in [-0.2, -0.15) is 10.0 Å². The molecule has 0 aliphatic heterocycles. The van der Waals surface area contributed by atoms with Crippen LogP contribution in [0.15, 0.2) is 24.3 Å². The van der Waals surface area contributed by atoms with Crippen LogP contribution in [-0.2, 0) is 0 Å². The normalized spacial score (nSPS) is 12.7. The molecule has 2 aromatic rings. The fourth-order valence-corrected chi connectivity index (χ4v) is 7.90. The van der Waals surface area contributed by atoms with Gasteiger partial charge in [-0.15, -0.1) is 0 Å². The van der Waals surface area contributed by atoms with Crippen molar-refractivity contribution in [3.8, 4) is 22.7 Å². The number of hydrogen-bond acceptors (Lipinski definition) is 2. The monoisotopic (exact) mass is 362 g/mol. The molecule has 0 atom stereocenters. The van der Waals surface area contributed by atoms with Gasteiger partial charge in [0.2, 0.25) is 0 Å². The third kappa shape index (κ3) is 3.43. The van der Waals surface area contributed by atoms with Crippen LogP contribution in [0.3, 0.4) is 0 Å². The molecule has 0 aliphatic carbocycles. The predicted octanol–water partition coefficient (Wildman–Crippen LogP) is 5.73. The smallest absolute Gasteiger partial charge is 0.139 e. The summed E-state index contributed by atoms with van der Waals surface area (Å²) < 4.78 is 14.5. The maximum absolute atomic E-state index is 14.5. The minimum atomic E-state index is -1.31. The summed E-state index contributed by atoms with van der Waals surface area (Å²) in [6.45, 7) is 13.1. The second-order valence-corrected chi connectivity index (χ2v) is 11.7. The van der Waals surface area contributed by atoms with E-state index in [2.05, 4.69) is 52.7 Å². The van der Waals surface area contributed by atoms with Crippen molar-refractivity contribution in [3.63, 3.8) is 0 Å². The molecule has 0 spiro atoms. The lowest BCUT2D eigenvalue weighted by atomic mass is 10.0. The van der Waals surface area contributed by atoms with Gasteiger partial charge in [-0.25, -0.2) is 4.39 Å². The van der Waals surface area contributed by atoms with Gasteiger partial charge in [0.1, 0.15) is 17.3 Å². The van der Waals surface area contributed by atoms with Crippen LogP contribution in [0.5, 0.6) is 11.5 Å². The Bertz CT molecular complexity index is 823. The van der Waals surface area contributed by atoms with Gasteiger partial charge in [0.25, 0.3) is 0 Å². The van der Waals surface area contributed by atoms with E-state index in [4.69, 9.17) is 0 Å². The van der Waals surface area contributed by atoms with Crippen molar-refractivity contribution in [1.82, 2.24) is 0 Å². The molecule has 0 fully saturated rings. The third-order valence-electron chi connectivity index (χ3n) is 4.72. The van der Waals surface area contributed by atoms with Crippen molar-refractivity contribution in [3.05, 3.63) is 35.6 Å². The molecule has 2 nitrogen and oxygen atoms in total. The SMILES string of the molecule is CC(C)S(C#Cc1c(F)ccc2cc(O)cc(O)c12)(C(C)C)C(C)C. The average molecular weight is 363 g/mol. The molecular formula is C21H27FO2S. The largest absolute Gasteiger partial charge is 0.508 e. The zero-order valence-corrected chi connectivity index (χ0v) is 16.5. The van der Waals surface area contributed by atoms with E-state index in [-0.39, 0.29) is 17.1 Å². The molecular weight excluding hydrogens is 335 g/mol. The van der Waals surface area contributed by atoms with Gasteiger partial charge in [-0.05, 0) is 38.5 Å². The molecule has 2 aromatic carbocycles. The number of phenols is 2. The summed E-state index contributed by atoms with van der Waals surface area (Å²) >= 11 is 0. The standard InChI is InChI=1S/C21H27FO2S/c1-13(2)25(14(3)4,15(5)6)10-9-18-19(22)8-7-16-11-17(23)12-20(24)21(16)18/h7-8,11-15,23-24H,1-6H3. The van der Waals surface area contributed by atoms with E-state index in [1.165, 1.54) is 18.2 Å². The maximum atomic E-state index is 14.5. The predicted molar refractivity (Wildman–Crippen MR) is 107 cm³/mol. The lowest BCUT2D eigenvalue weighted by Crippen LogP contribution is -2.27. The first-order chi connectivity index (χ1) is 11.6. The molecule has 25 heavy (non-hydrogen) atoms. The lowest BCUT2D eigenvalue weighted by molar-refractivity contribution is 0.455. The van der Waals surface area contributed by atoms with Gasteiger partial charge in [0.05, 0.1) is 5.56 Å². The first-order valence-corrected chi connectivity index (χ1v) is 10.4. The Kier molecular flexibility index (Phi) is 5.58. The highest BCUT2D eigenvalue weighted by Gasteiger charge is 2.33. The fourth-order valence-electron chi connectivity index (χ4n) is 3.65. The van der Waals surface area contributed by atoms with Gasteiger partial charge in [-0.1, -0.05) is 53.5 Å². The summed E-state index contributed by atoms with van der Waals surface area (Å²) in [4.78, 5) is 0. The van der Waals surface area contributed by atoms with Gasteiger partial charge >= 0.3 is 0 Å².